The molecule has 0 atom stereocenters. The highest BCUT2D eigenvalue weighted by molar-refractivity contribution is 6.48. The van der Waals surface area contributed by atoms with Crippen LogP contribution in [0, 0.1) is 0 Å². The van der Waals surface area contributed by atoms with Crippen LogP contribution in [0.25, 0.3) is 0 Å². The number of oxime groups is 1. The van der Waals surface area contributed by atoms with E-state index < -0.39 is 11.9 Å². The number of hydrogen-bond donors (Lipinski definition) is 2. The fourth-order valence-corrected chi connectivity index (χ4v) is 3.94. The fraction of sp³-hybridized carbons (Fsp3) is 0.375. The average molecular weight is 408 g/mol. The monoisotopic (exact) mass is 408 g/mol. The molecule has 2 aromatic rings. The van der Waals surface area contributed by atoms with Crippen LogP contribution >= 0.6 is 0 Å². The van der Waals surface area contributed by atoms with Crippen molar-refractivity contribution in [3.8, 4) is 0 Å². The number of carbonyl (C=O) groups is 2. The average Bonchev–Trinajstić information content (AvgIpc) is 2.70. The molecule has 158 valence electrons. The number of aromatic carboxylic acids is 1. The van der Waals surface area contributed by atoms with E-state index in [-0.39, 0.29) is 22.1 Å². The number of nitrogens with zero attached hydrogens (tertiary/aromatic N) is 1. The smallest absolute Gasteiger partial charge is 0.335 e. The Bertz CT molecular complexity index is 1000. The maximum Gasteiger partial charge on any atom is 0.335 e. The molecule has 0 saturated heterocycles. The summed E-state index contributed by atoms with van der Waals surface area (Å²) in [6, 6.07) is 12.0. The zero-order valence-corrected chi connectivity index (χ0v) is 18.1. The van der Waals surface area contributed by atoms with E-state index in [0.29, 0.717) is 11.3 Å². The zero-order valence-electron chi connectivity index (χ0n) is 18.1. The van der Waals surface area contributed by atoms with Crippen molar-refractivity contribution in [2.75, 3.05) is 12.4 Å². The van der Waals surface area contributed by atoms with Gasteiger partial charge in [0.15, 0.2) is 5.71 Å². The summed E-state index contributed by atoms with van der Waals surface area (Å²) in [5.41, 5.74) is 4.08. The van der Waals surface area contributed by atoms with E-state index in [1.54, 1.807) is 12.1 Å². The number of rotatable bonds is 5. The molecule has 1 amide bonds. The number of benzene rings is 2. The number of anilines is 1. The van der Waals surface area contributed by atoms with Crippen molar-refractivity contribution in [2.24, 2.45) is 5.16 Å². The van der Waals surface area contributed by atoms with Crippen LogP contribution in [-0.2, 0) is 20.5 Å². The van der Waals surface area contributed by atoms with Crippen molar-refractivity contribution < 1.29 is 19.5 Å². The molecule has 0 unspecified atom stereocenters. The molecule has 1 aliphatic rings. The van der Waals surface area contributed by atoms with Gasteiger partial charge < -0.3 is 15.3 Å². The Kier molecular flexibility index (Phi) is 5.70. The molecule has 3 rings (SSSR count). The molecule has 0 aliphatic heterocycles. The first kappa shape index (κ1) is 21.6. The Balaban J connectivity index is 1.94. The van der Waals surface area contributed by atoms with E-state index in [1.165, 1.54) is 30.4 Å². The molecule has 0 radical (unpaired) electrons. The van der Waals surface area contributed by atoms with E-state index in [0.717, 1.165) is 12.8 Å². The van der Waals surface area contributed by atoms with E-state index >= 15 is 0 Å². The van der Waals surface area contributed by atoms with Gasteiger partial charge in [0.1, 0.15) is 7.11 Å². The number of hydrogen-bond acceptors (Lipinski definition) is 4. The molecule has 6 heteroatoms. The molecule has 1 aliphatic carbocycles. The lowest BCUT2D eigenvalue weighted by Gasteiger charge is -2.42. The Morgan fingerprint density at radius 2 is 1.50 bits per heavy atom. The van der Waals surface area contributed by atoms with Gasteiger partial charge in [-0.2, -0.15) is 0 Å². The third-order valence-corrected chi connectivity index (χ3v) is 5.91. The van der Waals surface area contributed by atoms with Gasteiger partial charge in [-0.15, -0.1) is 0 Å². The van der Waals surface area contributed by atoms with E-state index in [9.17, 15) is 9.59 Å². The van der Waals surface area contributed by atoms with Crippen LogP contribution in [0.4, 0.5) is 5.69 Å². The molecule has 0 heterocycles. The van der Waals surface area contributed by atoms with Gasteiger partial charge in [0, 0.05) is 11.3 Å². The van der Waals surface area contributed by atoms with Gasteiger partial charge in [0.2, 0.25) is 0 Å². The molecule has 6 nitrogen and oxygen atoms in total. The van der Waals surface area contributed by atoms with Crippen LogP contribution in [0.2, 0.25) is 0 Å². The van der Waals surface area contributed by atoms with Crippen LogP contribution in [0.15, 0.2) is 47.6 Å². The molecule has 30 heavy (non-hydrogen) atoms. The van der Waals surface area contributed by atoms with Crippen molar-refractivity contribution >= 4 is 23.3 Å². The van der Waals surface area contributed by atoms with E-state index in [1.807, 2.05) is 12.1 Å². The number of carboxylic acid groups (broad SMARTS) is 1. The second-order valence-corrected chi connectivity index (χ2v) is 8.99. The van der Waals surface area contributed by atoms with Gasteiger partial charge in [-0.25, -0.2) is 4.79 Å². The maximum atomic E-state index is 12.9. The second kappa shape index (κ2) is 7.94. The zero-order chi connectivity index (χ0) is 22.1. The molecule has 0 saturated carbocycles. The van der Waals surface area contributed by atoms with Crippen LogP contribution < -0.4 is 5.32 Å². The first-order chi connectivity index (χ1) is 14.0. The van der Waals surface area contributed by atoms with Gasteiger partial charge in [0.25, 0.3) is 5.91 Å². The molecular weight excluding hydrogens is 380 g/mol. The lowest BCUT2D eigenvalue weighted by atomic mass is 9.63. The maximum absolute atomic E-state index is 12.9. The first-order valence-electron chi connectivity index (χ1n) is 9.96. The summed E-state index contributed by atoms with van der Waals surface area (Å²) in [5.74, 6) is -1.44. The van der Waals surface area contributed by atoms with Crippen molar-refractivity contribution in [1.82, 2.24) is 0 Å². The third-order valence-electron chi connectivity index (χ3n) is 5.91. The predicted octanol–water partition coefficient (Wildman–Crippen LogP) is 4.72. The van der Waals surface area contributed by atoms with E-state index in [2.05, 4.69) is 44.2 Å². The Hall–Kier alpha value is -3.15. The van der Waals surface area contributed by atoms with Crippen LogP contribution in [0.1, 0.15) is 67.6 Å². The predicted molar refractivity (Wildman–Crippen MR) is 117 cm³/mol. The minimum Gasteiger partial charge on any atom is -0.478 e. The van der Waals surface area contributed by atoms with Crippen LogP contribution in [0.3, 0.4) is 0 Å². The van der Waals surface area contributed by atoms with Gasteiger partial charge in [0.05, 0.1) is 5.56 Å². The number of fused-ring (bicyclic) bond motifs is 1. The molecule has 2 N–H and O–H groups in total. The largest absolute Gasteiger partial charge is 0.478 e. The molecule has 2 aromatic carbocycles. The number of carbonyl (C=O) groups excluding carboxylic acids is 1. The minimum atomic E-state index is -1.02. The molecule has 0 spiro atoms. The number of carboxylic acids is 1. The standard InChI is InChI=1S/C24H28N2O4/c1-23(2)12-13-24(3,4)19-14-16(8-11-18(19)23)20(26-30-5)21(27)25-17-9-6-15(7-10-17)22(28)29/h6-11,14H,12-13H2,1-5H3,(H,25,27)(H,28,29). The molecule has 0 aromatic heterocycles. The summed E-state index contributed by atoms with van der Waals surface area (Å²) in [4.78, 5) is 28.9. The summed E-state index contributed by atoms with van der Waals surface area (Å²) in [5, 5.41) is 15.8. The summed E-state index contributed by atoms with van der Waals surface area (Å²) < 4.78 is 0. The fourth-order valence-electron chi connectivity index (χ4n) is 3.94. The first-order valence-corrected chi connectivity index (χ1v) is 9.96. The Labute approximate surface area is 176 Å². The van der Waals surface area contributed by atoms with E-state index in [4.69, 9.17) is 9.94 Å². The third kappa shape index (κ3) is 4.22. The minimum absolute atomic E-state index is 0.00217. The van der Waals surface area contributed by atoms with Crippen LogP contribution in [0.5, 0.6) is 0 Å². The van der Waals surface area contributed by atoms with Gasteiger partial charge in [-0.05, 0) is 65.1 Å². The van der Waals surface area contributed by atoms with Crippen LogP contribution in [-0.4, -0.2) is 29.8 Å². The highest BCUT2D eigenvalue weighted by Gasteiger charge is 2.37. The van der Waals surface area contributed by atoms with Crippen molar-refractivity contribution in [1.29, 1.82) is 0 Å². The van der Waals surface area contributed by atoms with Gasteiger partial charge >= 0.3 is 5.97 Å². The molecular formula is C24H28N2O4. The highest BCUT2D eigenvalue weighted by Crippen LogP contribution is 2.45. The topological polar surface area (TPSA) is 88.0 Å². The van der Waals surface area contributed by atoms with Gasteiger partial charge in [-0.1, -0.05) is 45.0 Å². The lowest BCUT2D eigenvalue weighted by molar-refractivity contribution is -0.110. The summed E-state index contributed by atoms with van der Waals surface area (Å²) >= 11 is 0. The second-order valence-electron chi connectivity index (χ2n) is 8.99. The highest BCUT2D eigenvalue weighted by atomic mass is 16.6. The summed E-state index contributed by atoms with van der Waals surface area (Å²) in [6.45, 7) is 8.95. The number of amides is 1. The summed E-state index contributed by atoms with van der Waals surface area (Å²) in [7, 11) is 1.40. The van der Waals surface area contributed by atoms with Gasteiger partial charge in [-0.3, -0.25) is 4.79 Å². The van der Waals surface area contributed by atoms with Crippen molar-refractivity contribution in [3.05, 3.63) is 64.7 Å². The van der Waals surface area contributed by atoms with Crippen molar-refractivity contribution in [3.63, 3.8) is 0 Å². The quantitative estimate of drug-likeness (QED) is 0.553. The summed E-state index contributed by atoms with van der Waals surface area (Å²) in [6.07, 6.45) is 2.17. The number of nitrogens with one attached hydrogen (secondary N) is 1. The normalized spacial score (nSPS) is 17.0. The van der Waals surface area contributed by atoms with Crippen molar-refractivity contribution in [2.45, 2.75) is 51.4 Å². The Morgan fingerprint density at radius 1 is 0.933 bits per heavy atom. The molecule has 0 fully saturated rings. The SMILES string of the molecule is CON=C(C(=O)Nc1ccc(C(=O)O)cc1)c1ccc2c(c1)C(C)(C)CCC2(C)C. The Morgan fingerprint density at radius 3 is 2.07 bits per heavy atom. The molecule has 0 bridgehead atoms. The lowest BCUT2D eigenvalue weighted by Crippen LogP contribution is -2.34.